The Balaban J connectivity index is 1.77. The lowest BCUT2D eigenvalue weighted by Crippen LogP contribution is -2.30. The minimum Gasteiger partial charge on any atom is -0.374 e. The first-order valence-electron chi connectivity index (χ1n) is 7.10. The molecule has 120 valence electrons. The molecule has 1 N–H and O–H groups in total. The summed E-state index contributed by atoms with van der Waals surface area (Å²) in [6.07, 6.45) is 1.60. The average Bonchev–Trinajstić information content (AvgIpc) is 3.10. The first kappa shape index (κ1) is 16.0. The number of carbonyl (C=O) groups excluding carboxylic acids is 1. The lowest BCUT2D eigenvalue weighted by Gasteiger charge is -2.14. The van der Waals surface area contributed by atoms with Gasteiger partial charge in [0.25, 0.3) is 5.91 Å². The fourth-order valence-electron chi connectivity index (χ4n) is 2.46. The van der Waals surface area contributed by atoms with Crippen LogP contribution in [-0.2, 0) is 4.74 Å². The van der Waals surface area contributed by atoms with E-state index in [1.54, 1.807) is 11.5 Å². The van der Waals surface area contributed by atoms with E-state index in [9.17, 15) is 4.79 Å². The Bertz CT molecular complexity index is 843. The van der Waals surface area contributed by atoms with Crippen LogP contribution in [0.3, 0.4) is 0 Å². The van der Waals surface area contributed by atoms with E-state index in [1.165, 1.54) is 11.3 Å². The van der Waals surface area contributed by atoms with Gasteiger partial charge in [0.05, 0.1) is 10.0 Å². The summed E-state index contributed by atoms with van der Waals surface area (Å²) >= 11 is 7.40. The monoisotopic (exact) mass is 349 g/mol. The van der Waals surface area contributed by atoms with Gasteiger partial charge in [0, 0.05) is 24.7 Å². The van der Waals surface area contributed by atoms with Gasteiger partial charge in [0.2, 0.25) is 0 Å². The highest BCUT2D eigenvalue weighted by molar-refractivity contribution is 7.16. The van der Waals surface area contributed by atoms with Gasteiger partial charge < -0.3 is 10.1 Å². The summed E-state index contributed by atoms with van der Waals surface area (Å²) in [6, 6.07) is 9.37. The van der Waals surface area contributed by atoms with Gasteiger partial charge in [-0.3, -0.25) is 9.20 Å². The van der Waals surface area contributed by atoms with Crippen molar-refractivity contribution in [2.45, 2.75) is 13.0 Å². The lowest BCUT2D eigenvalue weighted by atomic mass is 10.2. The number of pyridine rings is 1. The number of hydrogen-bond acceptors (Lipinski definition) is 4. The number of rotatable bonds is 5. The van der Waals surface area contributed by atoms with Gasteiger partial charge in [-0.05, 0) is 31.2 Å². The first-order valence-corrected chi connectivity index (χ1v) is 8.29. The third-order valence-electron chi connectivity index (χ3n) is 3.56. The van der Waals surface area contributed by atoms with Crippen LogP contribution in [-0.4, -0.2) is 28.9 Å². The van der Waals surface area contributed by atoms with Gasteiger partial charge in [-0.2, -0.15) is 0 Å². The predicted molar refractivity (Wildman–Crippen MR) is 91.3 cm³/mol. The van der Waals surface area contributed by atoms with Crippen LogP contribution in [0.15, 0.2) is 36.5 Å². The number of nitrogens with zero attached hydrogens (tertiary/aromatic N) is 2. The van der Waals surface area contributed by atoms with E-state index in [0.29, 0.717) is 22.3 Å². The van der Waals surface area contributed by atoms with Crippen LogP contribution in [0, 0.1) is 6.92 Å². The van der Waals surface area contributed by atoms with E-state index >= 15 is 0 Å². The molecule has 0 aliphatic carbocycles. The number of amides is 1. The number of thiophene rings is 1. The highest BCUT2D eigenvalue weighted by atomic mass is 35.5. The number of aryl methyl sites for hydroxylation is 1. The molecule has 0 aliphatic rings. The van der Waals surface area contributed by atoms with Crippen LogP contribution in [0.4, 0.5) is 0 Å². The second kappa shape index (κ2) is 6.70. The Morgan fingerprint density at radius 2 is 2.26 bits per heavy atom. The first-order chi connectivity index (χ1) is 11.1. The molecule has 3 aromatic rings. The van der Waals surface area contributed by atoms with Crippen LogP contribution < -0.4 is 5.32 Å². The Hall–Kier alpha value is -1.89. The molecule has 0 aromatic carbocycles. The van der Waals surface area contributed by atoms with Gasteiger partial charge in [-0.1, -0.05) is 17.7 Å². The average molecular weight is 350 g/mol. The Morgan fingerprint density at radius 1 is 1.43 bits per heavy atom. The minimum absolute atomic E-state index is 0.175. The summed E-state index contributed by atoms with van der Waals surface area (Å²) in [7, 11) is 1.61. The topological polar surface area (TPSA) is 55.6 Å². The Kier molecular flexibility index (Phi) is 4.66. The zero-order chi connectivity index (χ0) is 16.4. The summed E-state index contributed by atoms with van der Waals surface area (Å²) in [6.45, 7) is 2.19. The summed E-state index contributed by atoms with van der Waals surface area (Å²) in [4.78, 5) is 17.9. The minimum atomic E-state index is -0.226. The van der Waals surface area contributed by atoms with E-state index in [1.807, 2.05) is 43.5 Å². The number of aromatic nitrogens is 2. The van der Waals surface area contributed by atoms with Crippen molar-refractivity contribution in [3.63, 3.8) is 0 Å². The van der Waals surface area contributed by atoms with Crippen molar-refractivity contribution >= 4 is 34.5 Å². The Morgan fingerprint density at radius 3 is 2.96 bits per heavy atom. The van der Waals surface area contributed by atoms with Gasteiger partial charge in [0.15, 0.2) is 0 Å². The van der Waals surface area contributed by atoms with Crippen LogP contribution in [0.5, 0.6) is 0 Å². The van der Waals surface area contributed by atoms with Crippen LogP contribution >= 0.6 is 22.9 Å². The summed E-state index contributed by atoms with van der Waals surface area (Å²) in [5.74, 6) is -0.175. The summed E-state index contributed by atoms with van der Waals surface area (Å²) in [5.41, 5.74) is 1.99. The predicted octanol–water partition coefficient (Wildman–Crippen LogP) is 3.48. The maximum Gasteiger partial charge on any atom is 0.270 e. The van der Waals surface area contributed by atoms with E-state index in [0.717, 1.165) is 10.5 Å². The molecule has 5 nitrogen and oxygen atoms in total. The van der Waals surface area contributed by atoms with Crippen molar-refractivity contribution in [3.8, 4) is 0 Å². The summed E-state index contributed by atoms with van der Waals surface area (Å²) in [5, 5.41) is 2.92. The fraction of sp³-hybridized carbons (Fsp3) is 0.250. The molecule has 1 amide bonds. The molecule has 0 saturated carbocycles. The van der Waals surface area contributed by atoms with E-state index in [4.69, 9.17) is 16.3 Å². The molecular formula is C16H16ClN3O2S. The molecule has 1 atom stereocenters. The number of halogens is 1. The van der Waals surface area contributed by atoms with Crippen molar-refractivity contribution in [1.29, 1.82) is 0 Å². The van der Waals surface area contributed by atoms with Gasteiger partial charge in [-0.25, -0.2) is 4.98 Å². The van der Waals surface area contributed by atoms with E-state index in [2.05, 4.69) is 10.3 Å². The molecule has 3 rings (SSSR count). The third-order valence-corrected chi connectivity index (χ3v) is 4.89. The molecule has 3 aromatic heterocycles. The smallest absolute Gasteiger partial charge is 0.270 e. The molecule has 23 heavy (non-hydrogen) atoms. The summed E-state index contributed by atoms with van der Waals surface area (Å²) < 4.78 is 7.94. The van der Waals surface area contributed by atoms with Crippen molar-refractivity contribution < 1.29 is 9.53 Å². The number of fused-ring (bicyclic) bond motifs is 1. The second-order valence-corrected chi connectivity index (χ2v) is 6.80. The second-order valence-electron chi connectivity index (χ2n) is 5.05. The van der Waals surface area contributed by atoms with Crippen molar-refractivity contribution in [2.24, 2.45) is 0 Å². The molecule has 1 unspecified atom stereocenters. The SMILES string of the molecule is COC(CNC(=O)c1c(C)nc2ccccn12)c1ccc(Cl)s1. The number of carbonyl (C=O) groups is 1. The van der Waals surface area contributed by atoms with Crippen molar-refractivity contribution in [3.05, 3.63) is 57.1 Å². The van der Waals surface area contributed by atoms with Crippen LogP contribution in [0.2, 0.25) is 4.34 Å². The van der Waals surface area contributed by atoms with Gasteiger partial charge in [0.1, 0.15) is 17.4 Å². The highest BCUT2D eigenvalue weighted by Crippen LogP contribution is 2.28. The van der Waals surface area contributed by atoms with E-state index < -0.39 is 0 Å². The van der Waals surface area contributed by atoms with Gasteiger partial charge in [-0.15, -0.1) is 11.3 Å². The standard InChI is InChI=1S/C16H16ClN3O2S/c1-10-15(20-8-4-3-5-14(20)19-10)16(21)18-9-11(22-2)12-6-7-13(17)23-12/h3-8,11H,9H2,1-2H3,(H,18,21). The zero-order valence-corrected chi connectivity index (χ0v) is 14.3. The maximum absolute atomic E-state index is 12.5. The molecular weight excluding hydrogens is 334 g/mol. The molecule has 0 bridgehead atoms. The molecule has 0 aliphatic heterocycles. The highest BCUT2D eigenvalue weighted by Gasteiger charge is 2.19. The number of ether oxygens (including phenoxy) is 1. The maximum atomic E-state index is 12.5. The number of imidazole rings is 1. The van der Waals surface area contributed by atoms with Crippen molar-refractivity contribution in [1.82, 2.24) is 14.7 Å². The number of nitrogens with one attached hydrogen (secondary N) is 1. The fourth-order valence-corrected chi connectivity index (χ4v) is 3.60. The van der Waals surface area contributed by atoms with Crippen LogP contribution in [0.25, 0.3) is 5.65 Å². The third kappa shape index (κ3) is 3.24. The van der Waals surface area contributed by atoms with Crippen LogP contribution in [0.1, 0.15) is 27.2 Å². The zero-order valence-electron chi connectivity index (χ0n) is 12.7. The molecule has 0 saturated heterocycles. The quantitative estimate of drug-likeness (QED) is 0.767. The van der Waals surface area contributed by atoms with Crippen molar-refractivity contribution in [2.75, 3.05) is 13.7 Å². The van der Waals surface area contributed by atoms with Gasteiger partial charge >= 0.3 is 0 Å². The Labute approximate surface area is 142 Å². The van der Waals surface area contributed by atoms with E-state index in [-0.39, 0.29) is 12.0 Å². The normalized spacial score (nSPS) is 12.5. The number of hydrogen-bond donors (Lipinski definition) is 1. The molecule has 3 heterocycles. The number of methoxy groups -OCH3 is 1. The largest absolute Gasteiger partial charge is 0.374 e. The lowest BCUT2D eigenvalue weighted by molar-refractivity contribution is 0.0832. The molecule has 0 fully saturated rings. The molecule has 0 radical (unpaired) electrons. The molecule has 0 spiro atoms. The molecule has 7 heteroatoms.